The zero-order chi connectivity index (χ0) is 18.2. The fourth-order valence-corrected chi connectivity index (χ4v) is 4.24. The van der Waals surface area contributed by atoms with Gasteiger partial charge in [0.2, 0.25) is 5.91 Å². The number of methoxy groups -OCH3 is 1. The van der Waals surface area contributed by atoms with Crippen LogP contribution in [0.2, 0.25) is 0 Å². The molecule has 5 heteroatoms. The summed E-state index contributed by atoms with van der Waals surface area (Å²) in [4.78, 5) is 26.9. The molecule has 5 nitrogen and oxygen atoms in total. The molecule has 1 aromatic rings. The van der Waals surface area contributed by atoms with Gasteiger partial charge in [-0.2, -0.15) is 0 Å². The van der Waals surface area contributed by atoms with Gasteiger partial charge in [0.1, 0.15) is 5.41 Å². The van der Waals surface area contributed by atoms with Crippen molar-refractivity contribution in [2.45, 2.75) is 44.9 Å². The van der Waals surface area contributed by atoms with Crippen molar-refractivity contribution in [1.29, 1.82) is 0 Å². The highest BCUT2D eigenvalue weighted by molar-refractivity contribution is 5.92. The smallest absolute Gasteiger partial charge is 0.313 e. The SMILES string of the molecule is COCC1(C(=O)O)CCCN(C(=O)C2(c3cc(C)cc(C)c3)CC2)C1. The molecule has 1 saturated heterocycles. The van der Waals surface area contributed by atoms with E-state index in [2.05, 4.69) is 18.2 Å². The van der Waals surface area contributed by atoms with Crippen molar-refractivity contribution in [1.82, 2.24) is 4.90 Å². The standard InChI is InChI=1S/C20H27NO4/c1-14-9-15(2)11-16(10-14)20(6-7-20)17(22)21-8-4-5-19(12-21,13-25-3)18(23)24/h9-11H,4-8,12-13H2,1-3H3,(H,23,24). The highest BCUT2D eigenvalue weighted by Gasteiger charge is 2.55. The van der Waals surface area contributed by atoms with Crippen molar-refractivity contribution in [3.8, 4) is 0 Å². The normalized spacial score (nSPS) is 24.8. The molecule has 136 valence electrons. The number of carboxylic acids is 1. The number of carboxylic acid groups (broad SMARTS) is 1. The van der Waals surface area contributed by atoms with Gasteiger partial charge in [-0.1, -0.05) is 29.3 Å². The Morgan fingerprint density at radius 2 is 1.80 bits per heavy atom. The number of carbonyl (C=O) groups excluding carboxylic acids is 1. The molecule has 1 saturated carbocycles. The average Bonchev–Trinajstić information content (AvgIpc) is 3.35. The number of likely N-dealkylation sites (tertiary alicyclic amines) is 1. The molecule has 0 bridgehead atoms. The number of rotatable bonds is 5. The third kappa shape index (κ3) is 3.17. The van der Waals surface area contributed by atoms with Gasteiger partial charge in [0, 0.05) is 20.2 Å². The van der Waals surface area contributed by atoms with Gasteiger partial charge in [0.05, 0.1) is 12.0 Å². The van der Waals surface area contributed by atoms with Gasteiger partial charge in [-0.3, -0.25) is 9.59 Å². The Kier molecular flexibility index (Phi) is 4.62. The van der Waals surface area contributed by atoms with E-state index in [9.17, 15) is 14.7 Å². The van der Waals surface area contributed by atoms with Crippen molar-refractivity contribution >= 4 is 11.9 Å². The number of hydrogen-bond donors (Lipinski definition) is 1. The minimum Gasteiger partial charge on any atom is -0.481 e. The van der Waals surface area contributed by atoms with Crippen LogP contribution in [-0.2, 0) is 19.7 Å². The number of hydrogen-bond acceptors (Lipinski definition) is 3. The lowest BCUT2D eigenvalue weighted by molar-refractivity contribution is -0.159. The molecule has 1 heterocycles. The second-order valence-corrected chi connectivity index (χ2v) is 7.81. The molecule has 1 N–H and O–H groups in total. The Balaban J connectivity index is 1.86. The van der Waals surface area contributed by atoms with Crippen LogP contribution in [0.1, 0.15) is 42.4 Å². The molecule has 1 aromatic carbocycles. The van der Waals surface area contributed by atoms with E-state index in [0.29, 0.717) is 19.4 Å². The first-order valence-corrected chi connectivity index (χ1v) is 8.93. The van der Waals surface area contributed by atoms with Crippen molar-refractivity contribution in [3.63, 3.8) is 0 Å². The van der Waals surface area contributed by atoms with Crippen LogP contribution in [0.4, 0.5) is 0 Å². The van der Waals surface area contributed by atoms with E-state index in [1.807, 2.05) is 13.8 Å². The number of aryl methyl sites for hydroxylation is 2. The number of piperidine rings is 1. The van der Waals surface area contributed by atoms with Crippen molar-refractivity contribution in [2.24, 2.45) is 5.41 Å². The van der Waals surface area contributed by atoms with Gasteiger partial charge >= 0.3 is 5.97 Å². The average molecular weight is 345 g/mol. The predicted octanol–water partition coefficient (Wildman–Crippen LogP) is 2.67. The Morgan fingerprint density at radius 3 is 2.32 bits per heavy atom. The minimum atomic E-state index is -0.985. The van der Waals surface area contributed by atoms with E-state index in [1.165, 1.54) is 7.11 Å². The largest absolute Gasteiger partial charge is 0.481 e. The number of ether oxygens (including phenoxy) is 1. The fraction of sp³-hybridized carbons (Fsp3) is 0.600. The van der Waals surface area contributed by atoms with Crippen LogP contribution >= 0.6 is 0 Å². The molecule has 1 amide bonds. The lowest BCUT2D eigenvalue weighted by Crippen LogP contribution is -2.54. The van der Waals surface area contributed by atoms with Crippen LogP contribution in [0.3, 0.4) is 0 Å². The summed E-state index contributed by atoms with van der Waals surface area (Å²) in [7, 11) is 1.52. The molecule has 1 aliphatic heterocycles. The minimum absolute atomic E-state index is 0.0823. The third-order valence-electron chi connectivity index (χ3n) is 5.67. The fourth-order valence-electron chi connectivity index (χ4n) is 4.24. The Bertz CT molecular complexity index is 671. The van der Waals surface area contributed by atoms with E-state index in [0.717, 1.165) is 29.5 Å². The number of amides is 1. The molecular formula is C20H27NO4. The van der Waals surface area contributed by atoms with Crippen LogP contribution in [0.5, 0.6) is 0 Å². The first-order valence-electron chi connectivity index (χ1n) is 8.93. The molecule has 3 rings (SSSR count). The number of carbonyl (C=O) groups is 2. The summed E-state index contributed by atoms with van der Waals surface area (Å²) < 4.78 is 5.17. The lowest BCUT2D eigenvalue weighted by atomic mass is 9.79. The van der Waals surface area contributed by atoms with Gasteiger partial charge in [0.15, 0.2) is 0 Å². The predicted molar refractivity (Wildman–Crippen MR) is 94.6 cm³/mol. The Hall–Kier alpha value is -1.88. The zero-order valence-electron chi connectivity index (χ0n) is 15.3. The van der Waals surface area contributed by atoms with Gasteiger partial charge in [-0.25, -0.2) is 0 Å². The molecule has 1 unspecified atom stereocenters. The molecule has 1 atom stereocenters. The molecule has 2 fully saturated rings. The summed E-state index contributed by atoms with van der Waals surface area (Å²) >= 11 is 0. The van der Waals surface area contributed by atoms with Crippen LogP contribution in [0.25, 0.3) is 0 Å². The second-order valence-electron chi connectivity index (χ2n) is 7.81. The quantitative estimate of drug-likeness (QED) is 0.891. The van der Waals surface area contributed by atoms with Crippen molar-refractivity contribution in [2.75, 3.05) is 26.8 Å². The van der Waals surface area contributed by atoms with E-state index in [-0.39, 0.29) is 19.1 Å². The molecule has 0 spiro atoms. The van der Waals surface area contributed by atoms with Gasteiger partial charge in [-0.15, -0.1) is 0 Å². The first-order chi connectivity index (χ1) is 11.8. The van der Waals surface area contributed by atoms with Crippen LogP contribution in [0, 0.1) is 19.3 Å². The van der Waals surface area contributed by atoms with Crippen molar-refractivity contribution < 1.29 is 19.4 Å². The summed E-state index contributed by atoms with van der Waals surface area (Å²) in [6, 6.07) is 6.31. The molecule has 25 heavy (non-hydrogen) atoms. The number of nitrogens with zero attached hydrogens (tertiary/aromatic N) is 1. The highest BCUT2D eigenvalue weighted by atomic mass is 16.5. The zero-order valence-corrected chi connectivity index (χ0v) is 15.3. The topological polar surface area (TPSA) is 66.8 Å². The first kappa shape index (κ1) is 17.9. The van der Waals surface area contributed by atoms with E-state index in [1.54, 1.807) is 4.90 Å². The summed E-state index contributed by atoms with van der Waals surface area (Å²) in [6.07, 6.45) is 2.94. The monoisotopic (exact) mass is 345 g/mol. The van der Waals surface area contributed by atoms with Crippen LogP contribution in [-0.4, -0.2) is 48.7 Å². The molecule has 2 aliphatic rings. The number of aliphatic carboxylic acids is 1. The van der Waals surface area contributed by atoms with Crippen LogP contribution in [0.15, 0.2) is 18.2 Å². The summed E-state index contributed by atoms with van der Waals surface area (Å²) in [6.45, 7) is 5.10. The number of benzene rings is 1. The summed E-state index contributed by atoms with van der Waals surface area (Å²) in [5, 5.41) is 9.71. The van der Waals surface area contributed by atoms with Crippen LogP contribution < -0.4 is 0 Å². The molecule has 1 aliphatic carbocycles. The summed E-state index contributed by atoms with van der Waals surface area (Å²) in [5.41, 5.74) is 1.96. The van der Waals surface area contributed by atoms with E-state index >= 15 is 0 Å². The lowest BCUT2D eigenvalue weighted by Gasteiger charge is -2.41. The van der Waals surface area contributed by atoms with E-state index in [4.69, 9.17) is 4.74 Å². The van der Waals surface area contributed by atoms with Gasteiger partial charge in [0.25, 0.3) is 0 Å². The molecule has 0 radical (unpaired) electrons. The highest BCUT2D eigenvalue weighted by Crippen LogP contribution is 2.51. The maximum absolute atomic E-state index is 13.3. The van der Waals surface area contributed by atoms with Crippen molar-refractivity contribution in [3.05, 3.63) is 34.9 Å². The molecular weight excluding hydrogens is 318 g/mol. The van der Waals surface area contributed by atoms with Gasteiger partial charge in [-0.05, 0) is 45.1 Å². The maximum atomic E-state index is 13.3. The Morgan fingerprint density at radius 1 is 1.16 bits per heavy atom. The van der Waals surface area contributed by atoms with Gasteiger partial charge < -0.3 is 14.7 Å². The molecule has 0 aromatic heterocycles. The maximum Gasteiger partial charge on any atom is 0.313 e. The third-order valence-corrected chi connectivity index (χ3v) is 5.67. The van der Waals surface area contributed by atoms with E-state index < -0.39 is 16.8 Å². The summed E-state index contributed by atoms with van der Waals surface area (Å²) in [5.74, 6) is -0.790. The Labute approximate surface area is 149 Å². The second kappa shape index (κ2) is 6.45.